The van der Waals surface area contributed by atoms with Gasteiger partial charge in [-0.15, -0.1) is 0 Å². The quantitative estimate of drug-likeness (QED) is 0.814. The number of amides is 1. The van der Waals surface area contributed by atoms with E-state index < -0.39 is 0 Å². The summed E-state index contributed by atoms with van der Waals surface area (Å²) in [6.45, 7) is 2.87. The molecule has 0 spiro atoms. The van der Waals surface area contributed by atoms with Crippen molar-refractivity contribution >= 4 is 5.91 Å². The van der Waals surface area contributed by atoms with E-state index in [1.54, 1.807) is 0 Å². The van der Waals surface area contributed by atoms with Gasteiger partial charge in [-0.3, -0.25) is 9.69 Å². The van der Waals surface area contributed by atoms with Crippen LogP contribution in [0, 0.1) is 0 Å². The smallest absolute Gasteiger partial charge is 0.240 e. The van der Waals surface area contributed by atoms with Gasteiger partial charge < -0.3 is 10.2 Å². The second-order valence-electron chi connectivity index (χ2n) is 5.71. The lowest BCUT2D eigenvalue weighted by Crippen LogP contribution is -2.59. The number of likely N-dealkylation sites (N-methyl/N-ethyl adjacent to an activating group) is 1. The van der Waals surface area contributed by atoms with Gasteiger partial charge >= 0.3 is 0 Å². The largest absolute Gasteiger partial charge is 0.337 e. The zero-order valence-electron chi connectivity index (χ0n) is 11.8. The standard InChI is InChI=1S/C14H27N3O/c1-15-9-8-13-14(18)17(11-10-16(13)2)12-6-4-3-5-7-12/h12-13,15H,3-11H2,1-2H3. The normalized spacial score (nSPS) is 27.8. The SMILES string of the molecule is CNCCC1C(=O)N(C2CCCCC2)CCN1C. The Kier molecular flexibility index (Phi) is 5.01. The summed E-state index contributed by atoms with van der Waals surface area (Å²) in [6, 6.07) is 0.616. The monoisotopic (exact) mass is 253 g/mol. The van der Waals surface area contributed by atoms with E-state index in [2.05, 4.69) is 22.2 Å². The van der Waals surface area contributed by atoms with Crippen molar-refractivity contribution in [1.82, 2.24) is 15.1 Å². The molecule has 1 N–H and O–H groups in total. The zero-order valence-corrected chi connectivity index (χ0v) is 11.8. The molecule has 1 aliphatic heterocycles. The third-order valence-electron chi connectivity index (χ3n) is 4.48. The molecule has 1 heterocycles. The van der Waals surface area contributed by atoms with E-state index in [9.17, 15) is 4.79 Å². The zero-order chi connectivity index (χ0) is 13.0. The van der Waals surface area contributed by atoms with Gasteiger partial charge in [-0.1, -0.05) is 19.3 Å². The molecule has 0 bridgehead atoms. The molecule has 0 aromatic rings. The van der Waals surface area contributed by atoms with Crippen molar-refractivity contribution in [3.63, 3.8) is 0 Å². The molecule has 2 rings (SSSR count). The van der Waals surface area contributed by atoms with Crippen molar-refractivity contribution in [2.45, 2.75) is 50.6 Å². The van der Waals surface area contributed by atoms with E-state index in [1.807, 2.05) is 7.05 Å². The van der Waals surface area contributed by atoms with E-state index in [0.717, 1.165) is 26.1 Å². The summed E-state index contributed by atoms with van der Waals surface area (Å²) in [5.74, 6) is 0.367. The first-order valence-corrected chi connectivity index (χ1v) is 7.39. The molecule has 1 atom stereocenters. The molecule has 2 fully saturated rings. The molecule has 18 heavy (non-hydrogen) atoms. The molecule has 2 aliphatic rings. The summed E-state index contributed by atoms with van der Waals surface area (Å²) >= 11 is 0. The Morgan fingerprint density at radius 3 is 2.61 bits per heavy atom. The third-order valence-corrected chi connectivity index (χ3v) is 4.48. The van der Waals surface area contributed by atoms with Crippen molar-refractivity contribution < 1.29 is 4.79 Å². The van der Waals surface area contributed by atoms with Gasteiger partial charge in [0.15, 0.2) is 0 Å². The van der Waals surface area contributed by atoms with Gasteiger partial charge in [-0.25, -0.2) is 0 Å². The molecule has 1 saturated heterocycles. The average molecular weight is 253 g/mol. The minimum absolute atomic E-state index is 0.0909. The second kappa shape index (κ2) is 6.53. The van der Waals surface area contributed by atoms with Crippen molar-refractivity contribution in [2.24, 2.45) is 0 Å². The maximum atomic E-state index is 12.6. The molecular weight excluding hydrogens is 226 g/mol. The first kappa shape index (κ1) is 13.8. The lowest BCUT2D eigenvalue weighted by molar-refractivity contribution is -0.144. The predicted molar refractivity (Wildman–Crippen MR) is 73.5 cm³/mol. The molecule has 1 amide bonds. The topological polar surface area (TPSA) is 35.6 Å². The number of hydrogen-bond donors (Lipinski definition) is 1. The predicted octanol–water partition coefficient (Wildman–Crippen LogP) is 1.07. The Labute approximate surface area is 111 Å². The Morgan fingerprint density at radius 2 is 1.94 bits per heavy atom. The van der Waals surface area contributed by atoms with Gasteiger partial charge in [0.05, 0.1) is 6.04 Å². The van der Waals surface area contributed by atoms with E-state index >= 15 is 0 Å². The molecule has 1 saturated carbocycles. The molecule has 0 radical (unpaired) electrons. The Hall–Kier alpha value is -0.610. The van der Waals surface area contributed by atoms with Crippen LogP contribution in [0.2, 0.25) is 0 Å². The summed E-state index contributed by atoms with van der Waals surface area (Å²) in [5.41, 5.74) is 0. The highest BCUT2D eigenvalue weighted by Crippen LogP contribution is 2.25. The number of hydrogen-bond acceptors (Lipinski definition) is 3. The number of nitrogens with one attached hydrogen (secondary N) is 1. The highest BCUT2D eigenvalue weighted by Gasteiger charge is 2.35. The summed E-state index contributed by atoms with van der Waals surface area (Å²) in [7, 11) is 4.03. The van der Waals surface area contributed by atoms with Crippen LogP contribution < -0.4 is 5.32 Å². The number of carbonyl (C=O) groups excluding carboxylic acids is 1. The molecular formula is C14H27N3O. The van der Waals surface area contributed by atoms with Crippen LogP contribution in [0.1, 0.15) is 38.5 Å². The molecule has 0 aromatic heterocycles. The number of nitrogens with zero attached hydrogens (tertiary/aromatic N) is 2. The highest BCUT2D eigenvalue weighted by molar-refractivity contribution is 5.83. The van der Waals surface area contributed by atoms with Crippen LogP contribution in [0.25, 0.3) is 0 Å². The number of rotatable bonds is 4. The highest BCUT2D eigenvalue weighted by atomic mass is 16.2. The average Bonchev–Trinajstić information content (AvgIpc) is 2.40. The molecule has 0 aromatic carbocycles. The first-order valence-electron chi connectivity index (χ1n) is 7.39. The van der Waals surface area contributed by atoms with Crippen molar-refractivity contribution in [3.8, 4) is 0 Å². The molecule has 4 heteroatoms. The Bertz CT molecular complexity index is 276. The first-order chi connectivity index (χ1) is 8.74. The number of carbonyl (C=O) groups is 1. The van der Waals surface area contributed by atoms with Crippen LogP contribution in [0.15, 0.2) is 0 Å². The summed E-state index contributed by atoms with van der Waals surface area (Å²) in [6.07, 6.45) is 7.30. The molecule has 1 aliphatic carbocycles. The number of piperazine rings is 1. The fourth-order valence-corrected chi connectivity index (χ4v) is 3.29. The van der Waals surface area contributed by atoms with Gasteiger partial charge in [-0.05, 0) is 39.9 Å². The minimum Gasteiger partial charge on any atom is -0.337 e. The van der Waals surface area contributed by atoms with Crippen LogP contribution in [-0.2, 0) is 4.79 Å². The van der Waals surface area contributed by atoms with E-state index in [4.69, 9.17) is 0 Å². The lowest BCUT2D eigenvalue weighted by atomic mass is 9.92. The van der Waals surface area contributed by atoms with E-state index in [1.165, 1.54) is 32.1 Å². The Morgan fingerprint density at radius 1 is 1.22 bits per heavy atom. The fourth-order valence-electron chi connectivity index (χ4n) is 3.29. The minimum atomic E-state index is 0.0909. The van der Waals surface area contributed by atoms with Gasteiger partial charge in [0, 0.05) is 19.1 Å². The third kappa shape index (κ3) is 3.04. The second-order valence-corrected chi connectivity index (χ2v) is 5.71. The summed E-state index contributed by atoms with van der Waals surface area (Å²) in [5, 5.41) is 3.15. The van der Waals surface area contributed by atoms with Gasteiger partial charge in [0.2, 0.25) is 5.91 Å². The van der Waals surface area contributed by atoms with Crippen molar-refractivity contribution in [2.75, 3.05) is 33.7 Å². The maximum absolute atomic E-state index is 12.6. The van der Waals surface area contributed by atoms with Crippen LogP contribution in [-0.4, -0.2) is 61.5 Å². The fraction of sp³-hybridized carbons (Fsp3) is 0.929. The van der Waals surface area contributed by atoms with Crippen LogP contribution in [0.5, 0.6) is 0 Å². The van der Waals surface area contributed by atoms with Crippen molar-refractivity contribution in [3.05, 3.63) is 0 Å². The van der Waals surface area contributed by atoms with Crippen LogP contribution >= 0.6 is 0 Å². The van der Waals surface area contributed by atoms with Crippen molar-refractivity contribution in [1.29, 1.82) is 0 Å². The van der Waals surface area contributed by atoms with Gasteiger partial charge in [0.1, 0.15) is 0 Å². The summed E-state index contributed by atoms with van der Waals surface area (Å²) in [4.78, 5) is 17.0. The molecule has 1 unspecified atom stereocenters. The molecule has 4 nitrogen and oxygen atoms in total. The van der Waals surface area contributed by atoms with Crippen LogP contribution in [0.4, 0.5) is 0 Å². The van der Waals surface area contributed by atoms with Gasteiger partial charge in [-0.2, -0.15) is 0 Å². The van der Waals surface area contributed by atoms with Gasteiger partial charge in [0.25, 0.3) is 0 Å². The lowest BCUT2D eigenvalue weighted by Gasteiger charge is -2.43. The Balaban J connectivity index is 1.97. The molecule has 104 valence electrons. The maximum Gasteiger partial charge on any atom is 0.240 e. The van der Waals surface area contributed by atoms with E-state index in [-0.39, 0.29) is 6.04 Å². The van der Waals surface area contributed by atoms with E-state index in [0.29, 0.717) is 11.9 Å². The summed E-state index contributed by atoms with van der Waals surface area (Å²) < 4.78 is 0. The van der Waals surface area contributed by atoms with Crippen LogP contribution in [0.3, 0.4) is 0 Å².